The van der Waals surface area contributed by atoms with E-state index in [0.29, 0.717) is 10.6 Å². The number of anilines is 1. The molecule has 2 rings (SSSR count). The van der Waals surface area contributed by atoms with Crippen LogP contribution in [0.4, 0.5) is 9.52 Å². The second-order valence-corrected chi connectivity index (χ2v) is 3.46. The number of thiazole rings is 1. The molecule has 58 valence electrons. The van der Waals surface area contributed by atoms with E-state index in [4.69, 9.17) is 13.6 Å². The molecular formula is C7H4BFN2S. The van der Waals surface area contributed by atoms with Crippen LogP contribution in [0.5, 0.6) is 0 Å². The Kier molecular flexibility index (Phi) is 1.54. The van der Waals surface area contributed by atoms with Gasteiger partial charge in [-0.25, -0.2) is 9.37 Å². The molecule has 0 fully saturated rings. The van der Waals surface area contributed by atoms with Crippen molar-refractivity contribution in [3.05, 3.63) is 17.9 Å². The van der Waals surface area contributed by atoms with E-state index in [9.17, 15) is 4.39 Å². The van der Waals surface area contributed by atoms with Gasteiger partial charge in [-0.05, 0) is 12.1 Å². The smallest absolute Gasteiger partial charge is 0.181 e. The van der Waals surface area contributed by atoms with Crippen molar-refractivity contribution in [3.63, 3.8) is 0 Å². The highest BCUT2D eigenvalue weighted by Gasteiger charge is 2.04. The minimum absolute atomic E-state index is 0.104. The maximum atomic E-state index is 12.9. The first-order valence-corrected chi connectivity index (χ1v) is 4.09. The van der Waals surface area contributed by atoms with Crippen LogP contribution in [0.15, 0.2) is 12.1 Å². The fraction of sp³-hybridized carbons (Fsp3) is 0. The molecule has 0 spiro atoms. The van der Waals surface area contributed by atoms with E-state index in [2.05, 4.69) is 4.98 Å². The van der Waals surface area contributed by atoms with E-state index in [1.807, 2.05) is 0 Å². The number of hydrogen-bond acceptors (Lipinski definition) is 3. The molecule has 0 aliphatic carbocycles. The van der Waals surface area contributed by atoms with Crippen LogP contribution in [0.1, 0.15) is 0 Å². The molecule has 1 heterocycles. The second-order valence-electron chi connectivity index (χ2n) is 2.39. The minimum atomic E-state index is -0.425. The summed E-state index contributed by atoms with van der Waals surface area (Å²) in [4.78, 5) is 3.96. The van der Waals surface area contributed by atoms with E-state index < -0.39 is 5.82 Å². The number of nitrogens with zero attached hydrogens (tertiary/aromatic N) is 1. The van der Waals surface area contributed by atoms with Crippen LogP contribution in [0.2, 0.25) is 0 Å². The molecular weight excluding hydrogens is 174 g/mol. The lowest BCUT2D eigenvalue weighted by atomic mass is 9.95. The van der Waals surface area contributed by atoms with E-state index >= 15 is 0 Å². The molecule has 0 saturated heterocycles. The van der Waals surface area contributed by atoms with Gasteiger partial charge in [-0.15, -0.1) is 0 Å². The zero-order valence-corrected chi connectivity index (χ0v) is 6.86. The van der Waals surface area contributed by atoms with Gasteiger partial charge in [0.1, 0.15) is 13.7 Å². The van der Waals surface area contributed by atoms with Crippen LogP contribution in [-0.4, -0.2) is 12.8 Å². The van der Waals surface area contributed by atoms with Crippen molar-refractivity contribution in [1.29, 1.82) is 0 Å². The lowest BCUT2D eigenvalue weighted by Crippen LogP contribution is -2.06. The fourth-order valence-corrected chi connectivity index (χ4v) is 1.72. The Bertz CT molecular complexity index is 401. The van der Waals surface area contributed by atoms with E-state index in [0.717, 1.165) is 4.70 Å². The first kappa shape index (κ1) is 7.55. The van der Waals surface area contributed by atoms with Crippen molar-refractivity contribution in [2.75, 3.05) is 5.73 Å². The molecule has 1 aromatic carbocycles. The van der Waals surface area contributed by atoms with Crippen LogP contribution in [0.25, 0.3) is 10.2 Å². The van der Waals surface area contributed by atoms with Gasteiger partial charge in [0.05, 0.1) is 10.2 Å². The Hall–Kier alpha value is -1.10. The van der Waals surface area contributed by atoms with Crippen molar-refractivity contribution >= 4 is 40.0 Å². The Morgan fingerprint density at radius 3 is 3.00 bits per heavy atom. The third kappa shape index (κ3) is 1.06. The number of benzene rings is 1. The van der Waals surface area contributed by atoms with Gasteiger partial charge < -0.3 is 5.73 Å². The van der Waals surface area contributed by atoms with Gasteiger partial charge in [0, 0.05) is 0 Å². The Balaban J connectivity index is 2.83. The van der Waals surface area contributed by atoms with Gasteiger partial charge in [-0.2, -0.15) is 0 Å². The average Bonchev–Trinajstić information content (AvgIpc) is 2.30. The highest BCUT2D eigenvalue weighted by Crippen LogP contribution is 2.22. The topological polar surface area (TPSA) is 38.9 Å². The number of rotatable bonds is 0. The number of nitrogen functional groups attached to an aromatic ring is 1. The molecule has 0 unspecified atom stereocenters. The maximum Gasteiger partial charge on any atom is 0.181 e. The standard InChI is InChI=1S/C7H4BFN2S/c8-3-1-5-6(2-4(3)9)12-7(10)11-5/h1-2H,(H2,10,11). The van der Waals surface area contributed by atoms with E-state index in [-0.39, 0.29) is 5.46 Å². The SMILES string of the molecule is [B]c1cc2nc(N)sc2cc1F. The molecule has 1 aromatic heterocycles. The van der Waals surface area contributed by atoms with E-state index in [1.54, 1.807) is 0 Å². The lowest BCUT2D eigenvalue weighted by Gasteiger charge is -1.93. The predicted octanol–water partition coefficient (Wildman–Crippen LogP) is 0.811. The van der Waals surface area contributed by atoms with Crippen molar-refractivity contribution in [3.8, 4) is 0 Å². The van der Waals surface area contributed by atoms with Gasteiger partial charge in [0.15, 0.2) is 5.13 Å². The number of halogens is 1. The van der Waals surface area contributed by atoms with Gasteiger partial charge in [0.25, 0.3) is 0 Å². The summed E-state index contributed by atoms with van der Waals surface area (Å²) in [5.41, 5.74) is 6.19. The molecule has 2 nitrogen and oxygen atoms in total. The van der Waals surface area contributed by atoms with Crippen molar-refractivity contribution < 1.29 is 4.39 Å². The summed E-state index contributed by atoms with van der Waals surface area (Å²) in [6, 6.07) is 2.83. The normalized spacial score (nSPS) is 10.8. The molecule has 12 heavy (non-hydrogen) atoms. The highest BCUT2D eigenvalue weighted by molar-refractivity contribution is 7.22. The summed E-state index contributed by atoms with van der Waals surface area (Å²) in [5.74, 6) is -0.425. The Morgan fingerprint density at radius 2 is 2.25 bits per heavy atom. The third-order valence-electron chi connectivity index (χ3n) is 1.52. The molecule has 0 aliphatic rings. The Labute approximate surface area is 73.6 Å². The highest BCUT2D eigenvalue weighted by atomic mass is 32.1. The average molecular weight is 178 g/mol. The fourth-order valence-electron chi connectivity index (χ4n) is 0.983. The summed E-state index contributed by atoms with van der Waals surface area (Å²) in [5, 5.41) is 0.426. The summed E-state index contributed by atoms with van der Waals surface area (Å²) < 4.78 is 13.6. The number of nitrogens with two attached hydrogens (primary N) is 1. The van der Waals surface area contributed by atoms with Gasteiger partial charge >= 0.3 is 0 Å². The largest absolute Gasteiger partial charge is 0.375 e. The molecule has 0 amide bonds. The van der Waals surface area contributed by atoms with Crippen LogP contribution < -0.4 is 11.2 Å². The third-order valence-corrected chi connectivity index (χ3v) is 2.37. The molecule has 0 atom stereocenters. The molecule has 2 aromatic rings. The van der Waals surface area contributed by atoms with Gasteiger partial charge in [-0.1, -0.05) is 16.8 Å². The van der Waals surface area contributed by atoms with Crippen LogP contribution in [0, 0.1) is 5.82 Å². The lowest BCUT2D eigenvalue weighted by molar-refractivity contribution is 0.638. The monoisotopic (exact) mass is 178 g/mol. The molecule has 5 heteroatoms. The van der Waals surface area contributed by atoms with Gasteiger partial charge in [-0.3, -0.25) is 0 Å². The van der Waals surface area contributed by atoms with Crippen LogP contribution in [0.3, 0.4) is 0 Å². The van der Waals surface area contributed by atoms with Crippen molar-refractivity contribution in [1.82, 2.24) is 4.98 Å². The van der Waals surface area contributed by atoms with Crippen LogP contribution in [-0.2, 0) is 0 Å². The number of hydrogen-bond donors (Lipinski definition) is 1. The molecule has 2 radical (unpaired) electrons. The first-order chi connectivity index (χ1) is 5.66. The summed E-state index contributed by atoms with van der Waals surface area (Å²) in [6.07, 6.45) is 0. The van der Waals surface area contributed by atoms with E-state index in [1.165, 1.54) is 23.5 Å². The first-order valence-electron chi connectivity index (χ1n) is 3.28. The summed E-state index contributed by atoms with van der Waals surface area (Å²) in [6.45, 7) is 0. The Morgan fingerprint density at radius 1 is 1.50 bits per heavy atom. The van der Waals surface area contributed by atoms with Gasteiger partial charge in [0.2, 0.25) is 0 Å². The summed E-state index contributed by atoms with van der Waals surface area (Å²) in [7, 11) is 5.34. The quantitative estimate of drug-likeness (QED) is 0.606. The minimum Gasteiger partial charge on any atom is -0.375 e. The van der Waals surface area contributed by atoms with Crippen molar-refractivity contribution in [2.45, 2.75) is 0 Å². The number of aromatic nitrogens is 1. The predicted molar refractivity (Wildman–Crippen MR) is 49.4 cm³/mol. The number of fused-ring (bicyclic) bond motifs is 1. The zero-order valence-electron chi connectivity index (χ0n) is 6.04. The maximum absolute atomic E-state index is 12.9. The molecule has 2 N–H and O–H groups in total. The van der Waals surface area contributed by atoms with Crippen LogP contribution >= 0.6 is 11.3 Å². The molecule has 0 saturated carbocycles. The zero-order chi connectivity index (χ0) is 8.72. The second kappa shape index (κ2) is 2.45. The molecule has 0 bridgehead atoms. The van der Waals surface area contributed by atoms with Crippen molar-refractivity contribution in [2.24, 2.45) is 0 Å². The molecule has 0 aliphatic heterocycles. The summed E-state index contributed by atoms with van der Waals surface area (Å²) >= 11 is 1.25.